The van der Waals surface area contributed by atoms with Crippen LogP contribution >= 0.6 is 15.9 Å². The minimum Gasteiger partial charge on any atom is -0.297 e. The van der Waals surface area contributed by atoms with Gasteiger partial charge in [0.2, 0.25) is 0 Å². The molecule has 15 heavy (non-hydrogen) atoms. The molecule has 2 heterocycles. The molecule has 84 valence electrons. The summed E-state index contributed by atoms with van der Waals surface area (Å²) in [5.41, 5.74) is 1.08. The van der Waals surface area contributed by atoms with Crippen molar-refractivity contribution >= 4 is 15.9 Å². The number of hydrogen-bond acceptors (Lipinski definition) is 3. The molecule has 2 rings (SSSR count). The van der Waals surface area contributed by atoms with E-state index in [-0.39, 0.29) is 0 Å². The SMILES string of the molecule is Cn1ncc(CN2CCC(CBr)CC2)n1. The summed E-state index contributed by atoms with van der Waals surface area (Å²) in [5.74, 6) is 0.864. The molecule has 1 saturated heterocycles. The van der Waals surface area contributed by atoms with E-state index in [1.54, 1.807) is 4.80 Å². The van der Waals surface area contributed by atoms with E-state index in [1.807, 2.05) is 13.2 Å². The largest absolute Gasteiger partial charge is 0.297 e. The van der Waals surface area contributed by atoms with Gasteiger partial charge in [-0.05, 0) is 31.8 Å². The summed E-state index contributed by atoms with van der Waals surface area (Å²) >= 11 is 3.56. The van der Waals surface area contributed by atoms with E-state index in [1.165, 1.54) is 25.9 Å². The zero-order valence-electron chi connectivity index (χ0n) is 9.06. The second-order valence-electron chi connectivity index (χ2n) is 4.20. The van der Waals surface area contributed by atoms with Gasteiger partial charge in [0.1, 0.15) is 0 Å². The normalized spacial score (nSPS) is 19.6. The fourth-order valence-electron chi connectivity index (χ4n) is 1.99. The predicted molar refractivity (Wildman–Crippen MR) is 62.8 cm³/mol. The predicted octanol–water partition coefficient (Wildman–Crippen LogP) is 1.42. The average molecular weight is 273 g/mol. The summed E-state index contributed by atoms with van der Waals surface area (Å²) in [4.78, 5) is 4.09. The van der Waals surface area contributed by atoms with Gasteiger partial charge in [0, 0.05) is 18.9 Å². The number of halogens is 1. The molecule has 1 aliphatic heterocycles. The summed E-state index contributed by atoms with van der Waals surface area (Å²) in [6.07, 6.45) is 4.45. The van der Waals surface area contributed by atoms with Gasteiger partial charge in [-0.1, -0.05) is 15.9 Å². The van der Waals surface area contributed by atoms with Crippen LogP contribution in [-0.4, -0.2) is 38.3 Å². The second-order valence-corrected chi connectivity index (χ2v) is 4.85. The van der Waals surface area contributed by atoms with Crippen LogP contribution in [0.5, 0.6) is 0 Å². The highest BCUT2D eigenvalue weighted by molar-refractivity contribution is 9.09. The highest BCUT2D eigenvalue weighted by Gasteiger charge is 2.18. The van der Waals surface area contributed by atoms with Crippen molar-refractivity contribution in [3.05, 3.63) is 11.9 Å². The Hall–Kier alpha value is -0.420. The Morgan fingerprint density at radius 3 is 2.73 bits per heavy atom. The van der Waals surface area contributed by atoms with Gasteiger partial charge in [0.15, 0.2) is 0 Å². The van der Waals surface area contributed by atoms with Crippen LogP contribution in [0.4, 0.5) is 0 Å². The third-order valence-corrected chi connectivity index (χ3v) is 3.87. The van der Waals surface area contributed by atoms with E-state index >= 15 is 0 Å². The quantitative estimate of drug-likeness (QED) is 0.781. The molecule has 1 aromatic heterocycles. The van der Waals surface area contributed by atoms with Gasteiger partial charge < -0.3 is 0 Å². The van der Waals surface area contributed by atoms with Gasteiger partial charge in [0.05, 0.1) is 11.9 Å². The number of piperidine rings is 1. The Balaban J connectivity index is 1.82. The smallest absolute Gasteiger partial charge is 0.0967 e. The number of aryl methyl sites for hydroxylation is 1. The fourth-order valence-corrected chi connectivity index (χ4v) is 2.64. The second kappa shape index (κ2) is 5.07. The van der Waals surface area contributed by atoms with Crippen LogP contribution in [0.25, 0.3) is 0 Å². The van der Waals surface area contributed by atoms with Crippen molar-refractivity contribution < 1.29 is 0 Å². The van der Waals surface area contributed by atoms with E-state index in [9.17, 15) is 0 Å². The number of aromatic nitrogens is 3. The topological polar surface area (TPSA) is 34.0 Å². The monoisotopic (exact) mass is 272 g/mol. The van der Waals surface area contributed by atoms with Crippen LogP contribution in [0, 0.1) is 5.92 Å². The van der Waals surface area contributed by atoms with Gasteiger partial charge in [-0.2, -0.15) is 15.0 Å². The molecule has 0 aromatic carbocycles. The van der Waals surface area contributed by atoms with Crippen molar-refractivity contribution in [1.82, 2.24) is 19.9 Å². The Morgan fingerprint density at radius 2 is 2.20 bits per heavy atom. The van der Waals surface area contributed by atoms with E-state index in [4.69, 9.17) is 0 Å². The lowest BCUT2D eigenvalue weighted by atomic mass is 9.99. The zero-order chi connectivity index (χ0) is 10.7. The van der Waals surface area contributed by atoms with Crippen molar-refractivity contribution in [2.75, 3.05) is 18.4 Å². The lowest BCUT2D eigenvalue weighted by Crippen LogP contribution is -2.33. The standard InChI is InChI=1S/C10H17BrN4/c1-14-12-7-10(13-14)8-15-4-2-9(6-11)3-5-15/h7,9H,2-6,8H2,1H3. The van der Waals surface area contributed by atoms with E-state index in [2.05, 4.69) is 31.0 Å². The van der Waals surface area contributed by atoms with Crippen LogP contribution in [0.1, 0.15) is 18.5 Å². The van der Waals surface area contributed by atoms with Crippen molar-refractivity contribution in [1.29, 1.82) is 0 Å². The van der Waals surface area contributed by atoms with Gasteiger partial charge in [-0.3, -0.25) is 4.90 Å². The van der Waals surface area contributed by atoms with Crippen molar-refractivity contribution in [3.8, 4) is 0 Å². The van der Waals surface area contributed by atoms with Crippen LogP contribution < -0.4 is 0 Å². The molecule has 0 unspecified atom stereocenters. The van der Waals surface area contributed by atoms with Gasteiger partial charge >= 0.3 is 0 Å². The first kappa shape index (κ1) is 11.1. The highest BCUT2D eigenvalue weighted by Crippen LogP contribution is 2.19. The Labute approximate surface area is 98.8 Å². The first-order valence-corrected chi connectivity index (χ1v) is 6.53. The summed E-state index contributed by atoms with van der Waals surface area (Å²) < 4.78 is 0. The molecule has 0 spiro atoms. The summed E-state index contributed by atoms with van der Waals surface area (Å²) in [5, 5.41) is 9.53. The fraction of sp³-hybridized carbons (Fsp3) is 0.800. The van der Waals surface area contributed by atoms with E-state index < -0.39 is 0 Å². The van der Waals surface area contributed by atoms with Crippen LogP contribution in [0.2, 0.25) is 0 Å². The van der Waals surface area contributed by atoms with Crippen molar-refractivity contribution in [3.63, 3.8) is 0 Å². The number of likely N-dealkylation sites (tertiary alicyclic amines) is 1. The highest BCUT2D eigenvalue weighted by atomic mass is 79.9. The Bertz CT molecular complexity index is 304. The number of alkyl halides is 1. The zero-order valence-corrected chi connectivity index (χ0v) is 10.7. The molecular weight excluding hydrogens is 256 g/mol. The summed E-state index contributed by atoms with van der Waals surface area (Å²) in [6, 6.07) is 0. The molecule has 4 nitrogen and oxygen atoms in total. The molecular formula is C10H17BrN4. The number of rotatable bonds is 3. The molecule has 0 atom stereocenters. The molecule has 0 radical (unpaired) electrons. The summed E-state index contributed by atoms with van der Waals surface area (Å²) in [7, 11) is 1.86. The molecule has 1 aliphatic rings. The van der Waals surface area contributed by atoms with Crippen LogP contribution in [-0.2, 0) is 13.6 Å². The molecule has 0 saturated carbocycles. The molecule has 0 bridgehead atoms. The lowest BCUT2D eigenvalue weighted by Gasteiger charge is -2.30. The maximum atomic E-state index is 4.30. The molecule has 5 heteroatoms. The Kier molecular flexibility index (Phi) is 3.75. The van der Waals surface area contributed by atoms with Gasteiger partial charge in [0.25, 0.3) is 0 Å². The maximum Gasteiger partial charge on any atom is 0.0967 e. The van der Waals surface area contributed by atoms with Crippen molar-refractivity contribution in [2.24, 2.45) is 13.0 Å². The lowest BCUT2D eigenvalue weighted by molar-refractivity contribution is 0.185. The first-order chi connectivity index (χ1) is 7.28. The minimum atomic E-state index is 0.864. The van der Waals surface area contributed by atoms with Gasteiger partial charge in [-0.15, -0.1) is 0 Å². The van der Waals surface area contributed by atoms with E-state index in [0.29, 0.717) is 0 Å². The van der Waals surface area contributed by atoms with Gasteiger partial charge in [-0.25, -0.2) is 0 Å². The molecule has 0 amide bonds. The average Bonchev–Trinajstić information content (AvgIpc) is 2.65. The summed E-state index contributed by atoms with van der Waals surface area (Å²) in [6.45, 7) is 3.32. The molecule has 0 aliphatic carbocycles. The Morgan fingerprint density at radius 1 is 1.47 bits per heavy atom. The molecule has 1 aromatic rings. The third-order valence-electron chi connectivity index (χ3n) is 2.96. The maximum absolute atomic E-state index is 4.30. The first-order valence-electron chi connectivity index (χ1n) is 5.41. The number of nitrogens with zero attached hydrogens (tertiary/aromatic N) is 4. The molecule has 1 fully saturated rings. The number of hydrogen-bond donors (Lipinski definition) is 0. The van der Waals surface area contributed by atoms with Crippen molar-refractivity contribution in [2.45, 2.75) is 19.4 Å². The third kappa shape index (κ3) is 3.01. The van der Waals surface area contributed by atoms with Crippen LogP contribution in [0.15, 0.2) is 6.20 Å². The van der Waals surface area contributed by atoms with Crippen LogP contribution in [0.3, 0.4) is 0 Å². The van der Waals surface area contributed by atoms with E-state index in [0.717, 1.165) is 23.5 Å². The minimum absolute atomic E-state index is 0.864. The molecule has 0 N–H and O–H groups in total.